The number of carbonyl (C=O) groups is 1. The monoisotopic (exact) mass is 428 g/mol. The standard InChI is InChI=1S/C26H20O6/c1-29-17-10-8-15(9-11-17)18-12-23(28)31-22-14-21(30-2)25-19(27)13-20(32-26(25)24(18)22)16-6-4-3-5-7-16/h3-11,13-14,18H,12H2,1-2H3/t18-/m1/s1. The summed E-state index contributed by atoms with van der Waals surface area (Å²) in [6.07, 6.45) is 0.125. The minimum atomic E-state index is -0.360. The summed E-state index contributed by atoms with van der Waals surface area (Å²) >= 11 is 0. The van der Waals surface area contributed by atoms with Crippen LogP contribution in [0.3, 0.4) is 0 Å². The van der Waals surface area contributed by atoms with Crippen LogP contribution >= 0.6 is 0 Å². The number of esters is 1. The van der Waals surface area contributed by atoms with Crippen molar-refractivity contribution in [1.82, 2.24) is 0 Å². The van der Waals surface area contributed by atoms with E-state index in [1.54, 1.807) is 13.2 Å². The van der Waals surface area contributed by atoms with E-state index < -0.39 is 0 Å². The number of hydrogen-bond donors (Lipinski definition) is 0. The molecule has 0 bridgehead atoms. The fraction of sp³-hybridized carbons (Fsp3) is 0.154. The van der Waals surface area contributed by atoms with Crippen LogP contribution < -0.4 is 19.6 Å². The highest BCUT2D eigenvalue weighted by molar-refractivity contribution is 5.93. The van der Waals surface area contributed by atoms with Gasteiger partial charge in [0.15, 0.2) is 5.43 Å². The Morgan fingerprint density at radius 2 is 1.66 bits per heavy atom. The van der Waals surface area contributed by atoms with E-state index in [1.807, 2.05) is 54.6 Å². The quantitative estimate of drug-likeness (QED) is 0.339. The molecule has 0 spiro atoms. The predicted molar refractivity (Wildman–Crippen MR) is 120 cm³/mol. The van der Waals surface area contributed by atoms with Gasteiger partial charge in [-0.15, -0.1) is 0 Å². The Bertz CT molecular complexity index is 1370. The predicted octanol–water partition coefficient (Wildman–Crippen LogP) is 4.92. The van der Waals surface area contributed by atoms with Crippen molar-refractivity contribution in [3.63, 3.8) is 0 Å². The van der Waals surface area contributed by atoms with E-state index in [0.717, 1.165) is 11.1 Å². The number of fused-ring (bicyclic) bond motifs is 3. The van der Waals surface area contributed by atoms with Crippen molar-refractivity contribution in [2.45, 2.75) is 12.3 Å². The van der Waals surface area contributed by atoms with Gasteiger partial charge in [0.2, 0.25) is 0 Å². The van der Waals surface area contributed by atoms with Crippen LogP contribution in [-0.4, -0.2) is 20.2 Å². The first-order chi connectivity index (χ1) is 15.6. The SMILES string of the molecule is COc1ccc([C@H]2CC(=O)Oc3cc(OC)c4c(=O)cc(-c5ccccc5)oc4c32)cc1. The third kappa shape index (κ3) is 3.30. The van der Waals surface area contributed by atoms with Gasteiger partial charge in [0.25, 0.3) is 0 Å². The highest BCUT2D eigenvalue weighted by atomic mass is 16.5. The highest BCUT2D eigenvalue weighted by Gasteiger charge is 2.33. The van der Waals surface area contributed by atoms with Crippen molar-refractivity contribution < 1.29 is 23.4 Å². The zero-order chi connectivity index (χ0) is 22.2. The number of methoxy groups -OCH3 is 2. The summed E-state index contributed by atoms with van der Waals surface area (Å²) in [5.41, 5.74) is 2.45. The first-order valence-corrected chi connectivity index (χ1v) is 10.2. The molecule has 0 saturated heterocycles. The number of carbonyl (C=O) groups excluding carboxylic acids is 1. The summed E-state index contributed by atoms with van der Waals surface area (Å²) < 4.78 is 22.6. The van der Waals surface area contributed by atoms with Crippen molar-refractivity contribution in [1.29, 1.82) is 0 Å². The molecule has 0 aliphatic carbocycles. The van der Waals surface area contributed by atoms with Gasteiger partial charge in [-0.1, -0.05) is 42.5 Å². The summed E-state index contributed by atoms with van der Waals surface area (Å²) in [7, 11) is 3.07. The Labute approximate surface area is 184 Å². The van der Waals surface area contributed by atoms with Crippen LogP contribution in [-0.2, 0) is 4.79 Å². The summed E-state index contributed by atoms with van der Waals surface area (Å²) in [5.74, 6) is 1.07. The molecule has 6 heteroatoms. The molecule has 32 heavy (non-hydrogen) atoms. The molecule has 5 rings (SSSR count). The lowest BCUT2D eigenvalue weighted by Gasteiger charge is -2.26. The lowest BCUT2D eigenvalue weighted by Crippen LogP contribution is -2.22. The molecule has 0 amide bonds. The van der Waals surface area contributed by atoms with Crippen LogP contribution in [0.1, 0.15) is 23.5 Å². The van der Waals surface area contributed by atoms with Crippen LogP contribution in [0.2, 0.25) is 0 Å². The van der Waals surface area contributed by atoms with E-state index >= 15 is 0 Å². The molecule has 0 N–H and O–H groups in total. The fourth-order valence-corrected chi connectivity index (χ4v) is 4.17. The van der Waals surface area contributed by atoms with Gasteiger partial charge in [0, 0.05) is 29.2 Å². The van der Waals surface area contributed by atoms with E-state index in [2.05, 4.69) is 0 Å². The second kappa shape index (κ2) is 7.89. The first kappa shape index (κ1) is 19.9. The minimum Gasteiger partial charge on any atom is -0.497 e. The van der Waals surface area contributed by atoms with Crippen molar-refractivity contribution in [2.24, 2.45) is 0 Å². The van der Waals surface area contributed by atoms with Gasteiger partial charge in [-0.3, -0.25) is 9.59 Å². The van der Waals surface area contributed by atoms with Gasteiger partial charge in [-0.25, -0.2) is 0 Å². The van der Waals surface area contributed by atoms with Crippen LogP contribution in [0.25, 0.3) is 22.3 Å². The van der Waals surface area contributed by atoms with Crippen LogP contribution in [0.15, 0.2) is 75.9 Å². The molecule has 0 saturated carbocycles. The Hall–Kier alpha value is -4.06. The molecule has 1 atom stereocenters. The summed E-state index contributed by atoms with van der Waals surface area (Å²) in [6.45, 7) is 0. The first-order valence-electron chi connectivity index (χ1n) is 10.2. The Kier molecular flexibility index (Phi) is 4.90. The van der Waals surface area contributed by atoms with Crippen LogP contribution in [0.5, 0.6) is 17.2 Å². The van der Waals surface area contributed by atoms with Gasteiger partial charge >= 0.3 is 5.97 Å². The molecule has 3 aromatic carbocycles. The lowest BCUT2D eigenvalue weighted by molar-refractivity contribution is -0.135. The molecule has 6 nitrogen and oxygen atoms in total. The Balaban J connectivity index is 1.81. The molecule has 0 fully saturated rings. The van der Waals surface area contributed by atoms with Gasteiger partial charge in [0.1, 0.15) is 34.0 Å². The number of ether oxygens (including phenoxy) is 3. The molecule has 0 unspecified atom stereocenters. The molecular formula is C26H20O6. The maximum atomic E-state index is 13.2. The Morgan fingerprint density at radius 3 is 2.34 bits per heavy atom. The molecule has 1 aliphatic rings. The van der Waals surface area contributed by atoms with E-state index in [-0.39, 0.29) is 23.7 Å². The number of rotatable bonds is 4. The molecule has 0 radical (unpaired) electrons. The highest BCUT2D eigenvalue weighted by Crippen LogP contribution is 2.46. The number of hydrogen-bond acceptors (Lipinski definition) is 6. The van der Waals surface area contributed by atoms with Gasteiger partial charge < -0.3 is 18.6 Å². The summed E-state index contributed by atoms with van der Waals surface area (Å²) in [5, 5.41) is 0.322. The fourth-order valence-electron chi connectivity index (χ4n) is 4.17. The second-order valence-electron chi connectivity index (χ2n) is 7.54. The topological polar surface area (TPSA) is 75.0 Å². The molecule has 4 aromatic rings. The Morgan fingerprint density at radius 1 is 0.906 bits per heavy atom. The average Bonchev–Trinajstić information content (AvgIpc) is 2.83. The van der Waals surface area contributed by atoms with E-state index in [4.69, 9.17) is 18.6 Å². The van der Waals surface area contributed by atoms with Crippen molar-refractivity contribution in [2.75, 3.05) is 14.2 Å². The van der Waals surface area contributed by atoms with Crippen molar-refractivity contribution >= 4 is 16.9 Å². The third-order valence-electron chi connectivity index (χ3n) is 5.71. The van der Waals surface area contributed by atoms with Gasteiger partial charge in [0.05, 0.1) is 20.6 Å². The van der Waals surface area contributed by atoms with Gasteiger partial charge in [-0.05, 0) is 17.7 Å². The van der Waals surface area contributed by atoms with Crippen LogP contribution in [0, 0.1) is 0 Å². The molecule has 1 aliphatic heterocycles. The minimum absolute atomic E-state index is 0.125. The lowest BCUT2D eigenvalue weighted by atomic mass is 9.85. The second-order valence-corrected chi connectivity index (χ2v) is 7.54. The third-order valence-corrected chi connectivity index (χ3v) is 5.71. The molecule has 2 heterocycles. The maximum absolute atomic E-state index is 13.2. The normalized spacial score (nSPS) is 15.2. The summed E-state index contributed by atoms with van der Waals surface area (Å²) in [4.78, 5) is 25.6. The molecule has 160 valence electrons. The van der Waals surface area contributed by atoms with E-state index in [0.29, 0.717) is 39.5 Å². The van der Waals surface area contributed by atoms with Crippen molar-refractivity contribution in [3.05, 3.63) is 88.1 Å². The smallest absolute Gasteiger partial charge is 0.312 e. The number of benzene rings is 3. The summed E-state index contributed by atoms with van der Waals surface area (Å²) in [6, 6.07) is 19.9. The molecule has 1 aromatic heterocycles. The zero-order valence-corrected chi connectivity index (χ0v) is 17.6. The maximum Gasteiger partial charge on any atom is 0.312 e. The molecular weight excluding hydrogens is 408 g/mol. The van der Waals surface area contributed by atoms with Gasteiger partial charge in [-0.2, -0.15) is 0 Å². The average molecular weight is 428 g/mol. The largest absolute Gasteiger partial charge is 0.497 e. The van der Waals surface area contributed by atoms with E-state index in [1.165, 1.54) is 13.2 Å². The van der Waals surface area contributed by atoms with E-state index in [9.17, 15) is 9.59 Å². The van der Waals surface area contributed by atoms with Crippen LogP contribution in [0.4, 0.5) is 0 Å². The zero-order valence-electron chi connectivity index (χ0n) is 17.6. The van der Waals surface area contributed by atoms with Crippen molar-refractivity contribution in [3.8, 4) is 28.6 Å².